The van der Waals surface area contributed by atoms with E-state index in [0.29, 0.717) is 12.1 Å². The van der Waals surface area contributed by atoms with Crippen molar-refractivity contribution in [3.8, 4) is 6.07 Å². The van der Waals surface area contributed by atoms with Gasteiger partial charge in [-0.1, -0.05) is 0 Å². The number of hydrogen-bond acceptors (Lipinski definition) is 4. The van der Waals surface area contributed by atoms with Gasteiger partial charge in [-0.25, -0.2) is 13.6 Å². The summed E-state index contributed by atoms with van der Waals surface area (Å²) in [4.78, 5) is 10.7. The van der Waals surface area contributed by atoms with Crippen LogP contribution >= 0.6 is 11.8 Å². The number of hydrogen-bond donors (Lipinski definition) is 0. The standard InChI is InChI=1S/C12H8F5NO2S/c1-2-20-11(19)7-4-9(21-12(15,16)17)8(10(13)14)3-6(7)5-18/h3-4,10H,2H2,1H3. The number of halogens is 5. The minimum absolute atomic E-state index is 0.0674. The van der Waals surface area contributed by atoms with Crippen molar-refractivity contribution in [3.05, 3.63) is 28.8 Å². The lowest BCUT2D eigenvalue weighted by Crippen LogP contribution is -2.10. The monoisotopic (exact) mass is 325 g/mol. The fourth-order valence-electron chi connectivity index (χ4n) is 1.45. The van der Waals surface area contributed by atoms with E-state index < -0.39 is 51.3 Å². The second-order valence-electron chi connectivity index (χ2n) is 3.62. The van der Waals surface area contributed by atoms with Gasteiger partial charge in [0, 0.05) is 10.5 Å². The van der Waals surface area contributed by atoms with Crippen molar-refractivity contribution in [1.29, 1.82) is 5.26 Å². The van der Waals surface area contributed by atoms with Gasteiger partial charge in [0.25, 0.3) is 6.43 Å². The van der Waals surface area contributed by atoms with Gasteiger partial charge in [-0.15, -0.1) is 0 Å². The van der Waals surface area contributed by atoms with E-state index in [2.05, 4.69) is 4.74 Å². The van der Waals surface area contributed by atoms with Crippen LogP contribution in [0, 0.1) is 11.3 Å². The summed E-state index contributed by atoms with van der Waals surface area (Å²) >= 11 is -0.773. The zero-order valence-corrected chi connectivity index (χ0v) is 11.3. The third-order valence-corrected chi connectivity index (χ3v) is 3.03. The SMILES string of the molecule is CCOC(=O)c1cc(SC(F)(F)F)c(C(F)F)cc1C#N. The number of thioether (sulfide) groups is 1. The molecule has 0 aliphatic carbocycles. The van der Waals surface area contributed by atoms with Gasteiger partial charge in [-0.05, 0) is 30.8 Å². The molecule has 9 heteroatoms. The van der Waals surface area contributed by atoms with Crippen LogP contribution in [0.2, 0.25) is 0 Å². The first-order chi connectivity index (χ1) is 9.69. The Balaban J connectivity index is 3.43. The fourth-order valence-corrected chi connectivity index (χ4v) is 2.14. The van der Waals surface area contributed by atoms with E-state index in [1.54, 1.807) is 0 Å². The van der Waals surface area contributed by atoms with Crippen molar-refractivity contribution in [2.45, 2.75) is 23.8 Å². The van der Waals surface area contributed by atoms with Crippen molar-refractivity contribution in [2.24, 2.45) is 0 Å². The maximum Gasteiger partial charge on any atom is 0.446 e. The molecule has 0 aliphatic heterocycles. The first-order valence-corrected chi connectivity index (χ1v) is 6.30. The van der Waals surface area contributed by atoms with E-state index >= 15 is 0 Å². The first kappa shape index (κ1) is 17.2. The number of nitrogens with zero attached hydrogens (tertiary/aromatic N) is 1. The number of nitriles is 1. The van der Waals surface area contributed by atoms with E-state index in [4.69, 9.17) is 5.26 Å². The van der Waals surface area contributed by atoms with Crippen LogP contribution in [0.25, 0.3) is 0 Å². The molecule has 0 heterocycles. The van der Waals surface area contributed by atoms with Crippen LogP contribution in [0.4, 0.5) is 22.0 Å². The molecule has 0 fully saturated rings. The average Bonchev–Trinajstić information content (AvgIpc) is 2.36. The van der Waals surface area contributed by atoms with Crippen molar-refractivity contribution < 1.29 is 31.5 Å². The largest absolute Gasteiger partial charge is 0.462 e. The van der Waals surface area contributed by atoms with Gasteiger partial charge in [-0.2, -0.15) is 18.4 Å². The predicted molar refractivity (Wildman–Crippen MR) is 64.0 cm³/mol. The number of esters is 1. The molecule has 3 nitrogen and oxygen atoms in total. The zero-order chi connectivity index (χ0) is 16.2. The average molecular weight is 325 g/mol. The molecule has 1 rings (SSSR count). The number of benzene rings is 1. The minimum Gasteiger partial charge on any atom is -0.462 e. The normalized spacial score (nSPS) is 11.3. The molecular weight excluding hydrogens is 317 g/mol. The van der Waals surface area contributed by atoms with Gasteiger partial charge >= 0.3 is 11.5 Å². The molecule has 0 aliphatic rings. The lowest BCUT2D eigenvalue weighted by molar-refractivity contribution is -0.0329. The van der Waals surface area contributed by atoms with E-state index in [1.807, 2.05) is 0 Å². The van der Waals surface area contributed by atoms with Gasteiger partial charge in [0.2, 0.25) is 0 Å². The Labute approximate surface area is 120 Å². The molecule has 0 amide bonds. The molecule has 0 spiro atoms. The van der Waals surface area contributed by atoms with E-state index in [-0.39, 0.29) is 6.61 Å². The van der Waals surface area contributed by atoms with Crippen LogP contribution in [0.3, 0.4) is 0 Å². The van der Waals surface area contributed by atoms with Gasteiger partial charge in [-0.3, -0.25) is 0 Å². The molecule has 21 heavy (non-hydrogen) atoms. The molecule has 1 aromatic rings. The molecule has 114 valence electrons. The summed E-state index contributed by atoms with van der Waals surface area (Å²) in [6.45, 7) is 1.39. The molecule has 0 aromatic heterocycles. The number of carbonyl (C=O) groups excluding carboxylic acids is 1. The number of carbonyl (C=O) groups is 1. The second-order valence-corrected chi connectivity index (χ2v) is 4.72. The highest BCUT2D eigenvalue weighted by atomic mass is 32.2. The molecule has 1 aromatic carbocycles. The predicted octanol–water partition coefficient (Wildman–Crippen LogP) is 4.28. The Bertz CT molecular complexity index is 580. The summed E-state index contributed by atoms with van der Waals surface area (Å²) in [5.74, 6) is -1.04. The van der Waals surface area contributed by atoms with E-state index in [0.717, 1.165) is 0 Å². The van der Waals surface area contributed by atoms with Crippen LogP contribution in [0.5, 0.6) is 0 Å². The molecule has 0 saturated carbocycles. The van der Waals surface area contributed by atoms with Gasteiger partial charge < -0.3 is 4.74 Å². The Morgan fingerprint density at radius 2 is 2.05 bits per heavy atom. The summed E-state index contributed by atoms with van der Waals surface area (Å²) in [7, 11) is 0. The van der Waals surface area contributed by atoms with E-state index in [1.165, 1.54) is 13.0 Å². The Kier molecular flexibility index (Phi) is 5.54. The number of rotatable bonds is 4. The number of ether oxygens (including phenoxy) is 1. The van der Waals surface area contributed by atoms with Crippen molar-refractivity contribution in [1.82, 2.24) is 0 Å². The zero-order valence-electron chi connectivity index (χ0n) is 10.5. The van der Waals surface area contributed by atoms with Crippen LogP contribution in [0.15, 0.2) is 17.0 Å². The summed E-state index contributed by atoms with van der Waals surface area (Å²) in [5, 5.41) is 8.83. The smallest absolute Gasteiger partial charge is 0.446 e. The molecular formula is C12H8F5NO2S. The maximum absolute atomic E-state index is 12.8. The van der Waals surface area contributed by atoms with E-state index in [9.17, 15) is 26.7 Å². The second kappa shape index (κ2) is 6.76. The maximum atomic E-state index is 12.8. The third kappa shape index (κ3) is 4.60. The lowest BCUT2D eigenvalue weighted by Gasteiger charge is -2.13. The first-order valence-electron chi connectivity index (χ1n) is 5.48. The summed E-state index contributed by atoms with van der Waals surface area (Å²) in [6.07, 6.45) is -3.21. The molecule has 0 unspecified atom stereocenters. The number of alkyl halides is 5. The Morgan fingerprint density at radius 1 is 1.43 bits per heavy atom. The van der Waals surface area contributed by atoms with Crippen molar-refractivity contribution in [3.63, 3.8) is 0 Å². The van der Waals surface area contributed by atoms with Gasteiger partial charge in [0.15, 0.2) is 0 Å². The molecule has 0 radical (unpaired) electrons. The minimum atomic E-state index is -4.80. The highest BCUT2D eigenvalue weighted by Gasteiger charge is 2.33. The van der Waals surface area contributed by atoms with Crippen LogP contribution in [0.1, 0.15) is 34.8 Å². The van der Waals surface area contributed by atoms with Crippen molar-refractivity contribution >= 4 is 17.7 Å². The molecule has 0 N–H and O–H groups in total. The topological polar surface area (TPSA) is 50.1 Å². The van der Waals surface area contributed by atoms with Gasteiger partial charge in [0.1, 0.15) is 6.07 Å². The third-order valence-electron chi connectivity index (χ3n) is 2.23. The van der Waals surface area contributed by atoms with Crippen LogP contribution in [-0.2, 0) is 4.74 Å². The molecule has 0 atom stereocenters. The van der Waals surface area contributed by atoms with Crippen LogP contribution in [-0.4, -0.2) is 18.1 Å². The Morgan fingerprint density at radius 3 is 2.48 bits per heavy atom. The highest BCUT2D eigenvalue weighted by molar-refractivity contribution is 8.00. The molecule has 0 bridgehead atoms. The molecule has 0 saturated heterocycles. The summed E-state index contributed by atoms with van der Waals surface area (Å²) in [5.41, 5.74) is -6.70. The lowest BCUT2D eigenvalue weighted by atomic mass is 10.0. The Hall–Kier alpha value is -1.82. The summed E-state index contributed by atoms with van der Waals surface area (Å²) < 4.78 is 67.3. The fraction of sp³-hybridized carbons (Fsp3) is 0.333. The summed E-state index contributed by atoms with van der Waals surface area (Å²) in [6, 6.07) is 2.68. The van der Waals surface area contributed by atoms with Gasteiger partial charge in [0.05, 0.1) is 17.7 Å². The highest BCUT2D eigenvalue weighted by Crippen LogP contribution is 2.42. The quantitative estimate of drug-likeness (QED) is 0.471. The van der Waals surface area contributed by atoms with Crippen molar-refractivity contribution in [2.75, 3.05) is 6.61 Å². The van der Waals surface area contributed by atoms with Crippen LogP contribution < -0.4 is 0 Å².